The van der Waals surface area contributed by atoms with Crippen LogP contribution in [0.3, 0.4) is 0 Å². The Labute approximate surface area is 558 Å². The Morgan fingerprint density at radius 2 is 0.562 bits per heavy atom. The van der Waals surface area contributed by atoms with E-state index in [0.29, 0.717) is 25.9 Å². The van der Waals surface area contributed by atoms with Gasteiger partial charge in [0.2, 0.25) is 5.91 Å². The molecular formula is C83H161NO5. The molecule has 6 heteroatoms. The molecule has 0 heterocycles. The molecule has 0 aromatic rings. The van der Waals surface area contributed by atoms with Gasteiger partial charge in [-0.1, -0.05) is 423 Å². The van der Waals surface area contributed by atoms with Crippen molar-refractivity contribution in [3.05, 3.63) is 24.3 Å². The van der Waals surface area contributed by atoms with Crippen molar-refractivity contribution in [3.63, 3.8) is 0 Å². The van der Waals surface area contributed by atoms with E-state index in [1.165, 1.54) is 392 Å². The third-order valence-corrected chi connectivity index (χ3v) is 19.5. The highest BCUT2D eigenvalue weighted by molar-refractivity contribution is 5.76. The van der Waals surface area contributed by atoms with Crippen LogP contribution in [0.1, 0.15) is 470 Å². The first-order valence-corrected chi connectivity index (χ1v) is 41.1. The number of carbonyl (C=O) groups excluding carboxylic acids is 2. The zero-order valence-electron chi connectivity index (χ0n) is 60.7. The lowest BCUT2D eigenvalue weighted by Crippen LogP contribution is -2.45. The number of esters is 1. The lowest BCUT2D eigenvalue weighted by Gasteiger charge is -2.22. The number of unbranched alkanes of at least 4 members (excludes halogenated alkanes) is 63. The Morgan fingerprint density at radius 1 is 0.315 bits per heavy atom. The first-order chi connectivity index (χ1) is 44.0. The van der Waals surface area contributed by atoms with Crippen LogP contribution >= 0.6 is 0 Å². The largest absolute Gasteiger partial charge is 0.466 e. The van der Waals surface area contributed by atoms with Crippen LogP contribution in [-0.4, -0.2) is 47.4 Å². The summed E-state index contributed by atoms with van der Waals surface area (Å²) in [4.78, 5) is 24.7. The van der Waals surface area contributed by atoms with E-state index >= 15 is 0 Å². The van der Waals surface area contributed by atoms with Crippen molar-refractivity contribution in [2.24, 2.45) is 0 Å². The standard InChI is InChI=1S/C83H161NO5/c1-3-5-7-9-11-13-15-17-19-21-22-40-44-47-51-55-59-63-67-71-75-81(86)80(79-85)84-82(87)76-72-68-64-60-56-52-48-45-41-38-36-34-32-30-28-26-24-23-25-27-29-31-33-35-37-39-42-46-50-54-58-62-66-70-74-78-89-83(88)77-73-69-65-61-57-53-49-43-20-18-16-14-12-10-8-6-4-2/h25,27,31,33,80-81,85-86H,3-24,26,28-30,32,34-79H2,1-2H3,(H,84,87)/b27-25-,33-31-. The number of nitrogens with one attached hydrogen (secondary N) is 1. The fraction of sp³-hybridized carbons (Fsp3) is 0.928. The second-order valence-corrected chi connectivity index (χ2v) is 28.5. The van der Waals surface area contributed by atoms with E-state index in [4.69, 9.17) is 4.74 Å². The topological polar surface area (TPSA) is 95.9 Å². The molecule has 6 nitrogen and oxygen atoms in total. The van der Waals surface area contributed by atoms with E-state index in [2.05, 4.69) is 43.5 Å². The number of aliphatic hydroxyl groups excluding tert-OH is 2. The zero-order chi connectivity index (χ0) is 64.2. The molecule has 2 unspecified atom stereocenters. The van der Waals surface area contributed by atoms with Crippen LogP contribution in [0.15, 0.2) is 24.3 Å². The highest BCUT2D eigenvalue weighted by Gasteiger charge is 2.20. The van der Waals surface area contributed by atoms with E-state index < -0.39 is 12.1 Å². The van der Waals surface area contributed by atoms with Crippen molar-refractivity contribution >= 4 is 11.9 Å². The Bertz CT molecular complexity index is 1400. The molecule has 0 aromatic carbocycles. The van der Waals surface area contributed by atoms with Crippen molar-refractivity contribution in [2.75, 3.05) is 13.2 Å². The number of carbonyl (C=O) groups is 2. The third kappa shape index (κ3) is 75.3. The molecule has 0 saturated heterocycles. The SMILES string of the molecule is CCCCCCCCCCCCCCCCCCCCCCC(O)C(CO)NC(=O)CCCCCCCCCCCCCCCCCCC/C=C\C/C=C\CCCCCCCCCCCCCOC(=O)CCCCCCCCCCCCCCCCCCC. The van der Waals surface area contributed by atoms with Crippen molar-refractivity contribution in [1.82, 2.24) is 5.32 Å². The van der Waals surface area contributed by atoms with Crippen molar-refractivity contribution in [3.8, 4) is 0 Å². The maximum atomic E-state index is 12.6. The fourth-order valence-electron chi connectivity index (χ4n) is 13.3. The van der Waals surface area contributed by atoms with E-state index in [9.17, 15) is 19.8 Å². The van der Waals surface area contributed by atoms with Gasteiger partial charge in [-0.25, -0.2) is 0 Å². The highest BCUT2D eigenvalue weighted by Crippen LogP contribution is 2.20. The molecule has 528 valence electrons. The molecular weight excluding hydrogens is 1090 g/mol. The summed E-state index contributed by atoms with van der Waals surface area (Å²) in [5, 5.41) is 23.4. The molecule has 0 bridgehead atoms. The normalized spacial score (nSPS) is 12.5. The van der Waals surface area contributed by atoms with Gasteiger partial charge in [0, 0.05) is 12.8 Å². The molecule has 0 rings (SSSR count). The fourth-order valence-corrected chi connectivity index (χ4v) is 13.3. The van der Waals surface area contributed by atoms with Gasteiger partial charge in [0.25, 0.3) is 0 Å². The molecule has 0 aliphatic carbocycles. The second kappa shape index (κ2) is 78.8. The second-order valence-electron chi connectivity index (χ2n) is 28.5. The summed E-state index contributed by atoms with van der Waals surface area (Å²) in [6.07, 6.45) is 101. The van der Waals surface area contributed by atoms with Gasteiger partial charge in [-0.15, -0.1) is 0 Å². The predicted octanol–water partition coefficient (Wildman–Crippen LogP) is 27.2. The Balaban J connectivity index is 3.36. The van der Waals surface area contributed by atoms with Gasteiger partial charge in [-0.3, -0.25) is 9.59 Å². The first-order valence-electron chi connectivity index (χ1n) is 41.1. The maximum absolute atomic E-state index is 12.6. The van der Waals surface area contributed by atoms with Crippen LogP contribution in [0.4, 0.5) is 0 Å². The van der Waals surface area contributed by atoms with Gasteiger partial charge in [0.05, 0.1) is 25.4 Å². The Hall–Kier alpha value is -1.66. The first kappa shape index (κ1) is 87.3. The van der Waals surface area contributed by atoms with Gasteiger partial charge < -0.3 is 20.3 Å². The monoisotopic (exact) mass is 1250 g/mol. The Morgan fingerprint density at radius 3 is 0.854 bits per heavy atom. The van der Waals surface area contributed by atoms with Crippen LogP contribution in [0.2, 0.25) is 0 Å². The van der Waals surface area contributed by atoms with Gasteiger partial charge in [-0.05, 0) is 57.8 Å². The summed E-state index contributed by atoms with van der Waals surface area (Å²) < 4.78 is 5.51. The summed E-state index contributed by atoms with van der Waals surface area (Å²) in [6.45, 7) is 5.01. The molecule has 0 aliphatic rings. The van der Waals surface area contributed by atoms with E-state index in [-0.39, 0.29) is 18.5 Å². The molecule has 0 aliphatic heterocycles. The summed E-state index contributed by atoms with van der Waals surface area (Å²) in [6, 6.07) is -0.540. The molecule has 2 atom stereocenters. The van der Waals surface area contributed by atoms with Gasteiger partial charge >= 0.3 is 5.97 Å². The summed E-state index contributed by atoms with van der Waals surface area (Å²) >= 11 is 0. The molecule has 0 radical (unpaired) electrons. The number of allylic oxidation sites excluding steroid dienone is 4. The minimum Gasteiger partial charge on any atom is -0.466 e. The van der Waals surface area contributed by atoms with Crippen LogP contribution in [0.25, 0.3) is 0 Å². The van der Waals surface area contributed by atoms with Crippen molar-refractivity contribution in [2.45, 2.75) is 482 Å². The molecule has 0 saturated carbocycles. The summed E-state index contributed by atoms with van der Waals surface area (Å²) in [7, 11) is 0. The quantitative estimate of drug-likeness (QED) is 0.0320. The third-order valence-electron chi connectivity index (χ3n) is 19.5. The lowest BCUT2D eigenvalue weighted by molar-refractivity contribution is -0.143. The number of amides is 1. The number of hydrogen-bond acceptors (Lipinski definition) is 5. The minimum absolute atomic E-state index is 0.0219. The molecule has 0 aromatic heterocycles. The predicted molar refractivity (Wildman–Crippen MR) is 393 cm³/mol. The molecule has 0 spiro atoms. The average molecular weight is 1250 g/mol. The van der Waals surface area contributed by atoms with Gasteiger partial charge in [0.15, 0.2) is 0 Å². The number of rotatable bonds is 78. The highest BCUT2D eigenvalue weighted by atomic mass is 16.5. The maximum Gasteiger partial charge on any atom is 0.305 e. The van der Waals surface area contributed by atoms with Crippen LogP contribution in [0.5, 0.6) is 0 Å². The van der Waals surface area contributed by atoms with Crippen molar-refractivity contribution < 1.29 is 24.5 Å². The molecule has 3 N–H and O–H groups in total. The van der Waals surface area contributed by atoms with Gasteiger partial charge in [0.1, 0.15) is 0 Å². The minimum atomic E-state index is -0.663. The molecule has 0 fully saturated rings. The van der Waals surface area contributed by atoms with Crippen LogP contribution in [0, 0.1) is 0 Å². The van der Waals surface area contributed by atoms with Crippen molar-refractivity contribution in [1.29, 1.82) is 0 Å². The average Bonchev–Trinajstić information content (AvgIpc) is 3.62. The smallest absolute Gasteiger partial charge is 0.305 e. The lowest BCUT2D eigenvalue weighted by atomic mass is 10.0. The zero-order valence-corrected chi connectivity index (χ0v) is 60.7. The number of hydrogen-bond donors (Lipinski definition) is 3. The van der Waals surface area contributed by atoms with E-state index in [1.807, 2.05) is 0 Å². The van der Waals surface area contributed by atoms with Gasteiger partial charge in [-0.2, -0.15) is 0 Å². The van der Waals surface area contributed by atoms with E-state index in [0.717, 1.165) is 44.9 Å². The van der Waals surface area contributed by atoms with E-state index in [1.54, 1.807) is 0 Å². The summed E-state index contributed by atoms with van der Waals surface area (Å²) in [5.41, 5.74) is 0. The Kier molecular flexibility index (Phi) is 77.3. The molecule has 1 amide bonds. The van der Waals surface area contributed by atoms with Crippen LogP contribution in [-0.2, 0) is 14.3 Å². The molecule has 89 heavy (non-hydrogen) atoms. The number of ether oxygens (including phenoxy) is 1. The summed E-state index contributed by atoms with van der Waals surface area (Å²) in [5.74, 6) is -0.00552. The number of aliphatic hydroxyl groups is 2. The van der Waals surface area contributed by atoms with Crippen LogP contribution < -0.4 is 5.32 Å².